The van der Waals surface area contributed by atoms with Gasteiger partial charge in [-0.25, -0.2) is 9.18 Å². The molecule has 2 aromatic rings. The predicted molar refractivity (Wildman–Crippen MR) is 102 cm³/mol. The summed E-state index contributed by atoms with van der Waals surface area (Å²) in [6.07, 6.45) is 2.39. The average Bonchev–Trinajstić information content (AvgIpc) is 2.72. The first-order chi connectivity index (χ1) is 14.4. The molecular weight excluding hydrogens is 401 g/mol. The zero-order valence-corrected chi connectivity index (χ0v) is 15.6. The maximum absolute atomic E-state index is 14.0. The predicted octanol–water partition coefficient (Wildman–Crippen LogP) is 3.93. The molecule has 6 nitrogen and oxygen atoms in total. The van der Waals surface area contributed by atoms with Gasteiger partial charge in [-0.1, -0.05) is 24.3 Å². The Balaban J connectivity index is 1.94. The number of halogens is 3. The SMILES string of the molecule is N#CCCN(C(=O)COC(=O)/C=C/c1ccc(OC(F)F)cc1)c1ccccc1F. The van der Waals surface area contributed by atoms with Crippen LogP contribution in [-0.2, 0) is 14.3 Å². The van der Waals surface area contributed by atoms with Gasteiger partial charge in [0.1, 0.15) is 11.6 Å². The van der Waals surface area contributed by atoms with E-state index in [-0.39, 0.29) is 24.4 Å². The van der Waals surface area contributed by atoms with Crippen LogP contribution in [0.25, 0.3) is 6.08 Å². The summed E-state index contributed by atoms with van der Waals surface area (Å²) in [4.78, 5) is 25.3. The molecule has 0 unspecified atom stereocenters. The van der Waals surface area contributed by atoms with Gasteiger partial charge in [-0.05, 0) is 35.9 Å². The summed E-state index contributed by atoms with van der Waals surface area (Å²) >= 11 is 0. The number of benzene rings is 2. The molecule has 156 valence electrons. The Labute approximate surface area is 170 Å². The molecule has 0 fully saturated rings. The number of esters is 1. The Morgan fingerprint density at radius 2 is 1.83 bits per heavy atom. The van der Waals surface area contributed by atoms with E-state index >= 15 is 0 Å². The third-order valence-corrected chi connectivity index (χ3v) is 3.75. The molecule has 0 N–H and O–H groups in total. The highest BCUT2D eigenvalue weighted by atomic mass is 19.3. The zero-order valence-electron chi connectivity index (χ0n) is 15.6. The van der Waals surface area contributed by atoms with Crippen molar-refractivity contribution < 1.29 is 32.2 Å². The second-order valence-electron chi connectivity index (χ2n) is 5.79. The van der Waals surface area contributed by atoms with Gasteiger partial charge >= 0.3 is 12.6 Å². The molecule has 0 atom stereocenters. The maximum Gasteiger partial charge on any atom is 0.387 e. The standard InChI is InChI=1S/C21H17F3N2O4/c22-17-4-1-2-5-18(17)26(13-3-12-25)19(27)14-29-20(28)11-8-15-6-9-16(10-7-15)30-21(23)24/h1-2,4-11,21H,3,13-14H2/b11-8+. The van der Waals surface area contributed by atoms with Gasteiger partial charge in [0.05, 0.1) is 18.2 Å². The number of para-hydroxylation sites is 1. The molecule has 0 heterocycles. The van der Waals surface area contributed by atoms with Crippen molar-refractivity contribution in [3.05, 3.63) is 66.0 Å². The van der Waals surface area contributed by atoms with E-state index in [4.69, 9.17) is 10.00 Å². The van der Waals surface area contributed by atoms with Gasteiger partial charge in [0.25, 0.3) is 5.91 Å². The topological polar surface area (TPSA) is 79.6 Å². The number of hydrogen-bond donors (Lipinski definition) is 0. The van der Waals surface area contributed by atoms with Crippen molar-refractivity contribution >= 4 is 23.6 Å². The van der Waals surface area contributed by atoms with Gasteiger partial charge in [-0.3, -0.25) is 4.79 Å². The highest BCUT2D eigenvalue weighted by Gasteiger charge is 2.19. The van der Waals surface area contributed by atoms with Crippen molar-refractivity contribution in [1.29, 1.82) is 5.26 Å². The Kier molecular flexibility index (Phi) is 8.44. The van der Waals surface area contributed by atoms with Crippen LogP contribution in [0.5, 0.6) is 5.75 Å². The number of carbonyl (C=O) groups excluding carboxylic acids is 2. The second kappa shape index (κ2) is 11.3. The molecule has 0 radical (unpaired) electrons. The van der Waals surface area contributed by atoms with Crippen LogP contribution in [0.4, 0.5) is 18.9 Å². The van der Waals surface area contributed by atoms with Gasteiger partial charge < -0.3 is 14.4 Å². The van der Waals surface area contributed by atoms with Crippen LogP contribution in [0.3, 0.4) is 0 Å². The van der Waals surface area contributed by atoms with E-state index in [2.05, 4.69) is 4.74 Å². The minimum absolute atomic E-state index is 0.0181. The van der Waals surface area contributed by atoms with Crippen molar-refractivity contribution in [3.63, 3.8) is 0 Å². The number of nitriles is 1. The van der Waals surface area contributed by atoms with Crippen molar-refractivity contribution in [3.8, 4) is 11.8 Å². The van der Waals surface area contributed by atoms with Crippen LogP contribution >= 0.6 is 0 Å². The van der Waals surface area contributed by atoms with Crippen LogP contribution in [-0.4, -0.2) is 31.6 Å². The number of carbonyl (C=O) groups is 2. The Bertz CT molecular complexity index is 940. The Hall–Kier alpha value is -3.80. The third-order valence-electron chi connectivity index (χ3n) is 3.75. The van der Waals surface area contributed by atoms with E-state index in [0.717, 1.165) is 11.0 Å². The summed E-state index contributed by atoms with van der Waals surface area (Å²) in [6.45, 7) is -3.64. The summed E-state index contributed by atoms with van der Waals surface area (Å²) in [5, 5.41) is 8.75. The lowest BCUT2D eigenvalue weighted by molar-refractivity contribution is -0.142. The summed E-state index contributed by atoms with van der Waals surface area (Å²) in [5.41, 5.74) is 0.498. The number of hydrogen-bond acceptors (Lipinski definition) is 5. The minimum Gasteiger partial charge on any atom is -0.452 e. The van der Waals surface area contributed by atoms with E-state index in [1.807, 2.05) is 6.07 Å². The summed E-state index contributed by atoms with van der Waals surface area (Å²) < 4.78 is 47.3. The first kappa shape index (κ1) is 22.5. The lowest BCUT2D eigenvalue weighted by Gasteiger charge is -2.21. The molecule has 0 saturated heterocycles. The van der Waals surface area contributed by atoms with Crippen LogP contribution in [0.2, 0.25) is 0 Å². The molecule has 30 heavy (non-hydrogen) atoms. The van der Waals surface area contributed by atoms with Gasteiger partial charge in [-0.2, -0.15) is 14.0 Å². The van der Waals surface area contributed by atoms with E-state index in [1.54, 1.807) is 0 Å². The van der Waals surface area contributed by atoms with Crippen molar-refractivity contribution in [2.24, 2.45) is 0 Å². The van der Waals surface area contributed by atoms with Crippen LogP contribution < -0.4 is 9.64 Å². The van der Waals surface area contributed by atoms with Crippen LogP contribution in [0.1, 0.15) is 12.0 Å². The van der Waals surface area contributed by atoms with Gasteiger partial charge in [0.2, 0.25) is 0 Å². The molecule has 1 amide bonds. The van der Waals surface area contributed by atoms with Crippen LogP contribution in [0.15, 0.2) is 54.6 Å². The lowest BCUT2D eigenvalue weighted by atomic mass is 10.2. The molecule has 9 heteroatoms. The summed E-state index contributed by atoms with van der Waals surface area (Å²) in [7, 11) is 0. The molecule has 0 saturated carbocycles. The van der Waals surface area contributed by atoms with E-state index in [1.165, 1.54) is 54.6 Å². The second-order valence-corrected chi connectivity index (χ2v) is 5.79. The fourth-order valence-electron chi connectivity index (χ4n) is 2.40. The summed E-state index contributed by atoms with van der Waals surface area (Å²) in [5.74, 6) is -2.19. The molecule has 2 rings (SSSR count). The average molecular weight is 418 g/mol. The quantitative estimate of drug-likeness (QED) is 0.455. The Morgan fingerprint density at radius 3 is 2.47 bits per heavy atom. The molecule has 0 aromatic heterocycles. The molecule has 2 aromatic carbocycles. The maximum atomic E-state index is 14.0. The number of ether oxygens (including phenoxy) is 2. The molecule has 0 aliphatic heterocycles. The number of nitrogens with zero attached hydrogens (tertiary/aromatic N) is 2. The molecule has 0 aliphatic carbocycles. The Morgan fingerprint density at radius 1 is 1.13 bits per heavy atom. The number of alkyl halides is 2. The number of amides is 1. The van der Waals surface area contributed by atoms with Crippen molar-refractivity contribution in [2.75, 3.05) is 18.1 Å². The molecule has 0 aliphatic rings. The highest BCUT2D eigenvalue weighted by Crippen LogP contribution is 2.19. The fraction of sp³-hybridized carbons (Fsp3) is 0.190. The largest absolute Gasteiger partial charge is 0.452 e. The van der Waals surface area contributed by atoms with E-state index < -0.39 is 30.9 Å². The fourth-order valence-corrected chi connectivity index (χ4v) is 2.40. The van der Waals surface area contributed by atoms with Crippen LogP contribution in [0, 0.1) is 17.1 Å². The first-order valence-electron chi connectivity index (χ1n) is 8.72. The van der Waals surface area contributed by atoms with Crippen molar-refractivity contribution in [1.82, 2.24) is 0 Å². The minimum atomic E-state index is -2.93. The van der Waals surface area contributed by atoms with Gasteiger partial charge in [0, 0.05) is 12.6 Å². The first-order valence-corrected chi connectivity index (χ1v) is 8.72. The normalized spacial score (nSPS) is 10.6. The zero-order chi connectivity index (χ0) is 21.9. The lowest BCUT2D eigenvalue weighted by Crippen LogP contribution is -2.36. The van der Waals surface area contributed by atoms with E-state index in [9.17, 15) is 22.8 Å². The van der Waals surface area contributed by atoms with Gasteiger partial charge in [0.15, 0.2) is 6.61 Å². The molecule has 0 bridgehead atoms. The third kappa shape index (κ3) is 6.98. The monoisotopic (exact) mass is 418 g/mol. The smallest absolute Gasteiger partial charge is 0.387 e. The number of rotatable bonds is 9. The molecule has 0 spiro atoms. The number of anilines is 1. The highest BCUT2D eigenvalue weighted by molar-refractivity contribution is 5.96. The van der Waals surface area contributed by atoms with Gasteiger partial charge in [-0.15, -0.1) is 0 Å². The molecular formula is C21H17F3N2O4. The van der Waals surface area contributed by atoms with E-state index in [0.29, 0.717) is 5.56 Å². The van der Waals surface area contributed by atoms with Crippen molar-refractivity contribution in [2.45, 2.75) is 13.0 Å². The summed E-state index contributed by atoms with van der Waals surface area (Å²) in [6, 6.07) is 13.0.